The SMILES string of the molecule is C=C(/C=C(F)\C(Cl)=C/C)N=C(N)COC(c1ccc(-c2cccc(C#N)c2)cc1)C1CCN(CCCCCO)CC1. The van der Waals surface area contributed by atoms with Crippen molar-refractivity contribution in [2.24, 2.45) is 16.6 Å². The second kappa shape index (κ2) is 16.9. The van der Waals surface area contributed by atoms with Crippen molar-refractivity contribution in [3.8, 4) is 17.2 Å². The zero-order valence-electron chi connectivity index (χ0n) is 23.7. The number of ether oxygens (including phenoxy) is 1. The van der Waals surface area contributed by atoms with Gasteiger partial charge in [-0.15, -0.1) is 0 Å². The van der Waals surface area contributed by atoms with E-state index in [2.05, 4.69) is 46.8 Å². The number of hydrogen-bond acceptors (Lipinski definition) is 5. The third-order valence-electron chi connectivity index (χ3n) is 7.23. The molecule has 0 bridgehead atoms. The summed E-state index contributed by atoms with van der Waals surface area (Å²) in [6.45, 7) is 8.73. The highest BCUT2D eigenvalue weighted by atomic mass is 35.5. The van der Waals surface area contributed by atoms with Crippen molar-refractivity contribution in [1.82, 2.24) is 4.90 Å². The molecule has 0 saturated carbocycles. The van der Waals surface area contributed by atoms with Gasteiger partial charge in [-0.2, -0.15) is 5.26 Å². The van der Waals surface area contributed by atoms with Crippen LogP contribution >= 0.6 is 11.6 Å². The first kappa shape index (κ1) is 32.2. The lowest BCUT2D eigenvalue weighted by Crippen LogP contribution is -2.37. The average Bonchev–Trinajstić information content (AvgIpc) is 2.99. The van der Waals surface area contributed by atoms with Crippen molar-refractivity contribution in [3.05, 3.63) is 94.9 Å². The number of halogens is 2. The van der Waals surface area contributed by atoms with E-state index in [4.69, 9.17) is 27.2 Å². The molecule has 1 atom stereocenters. The highest BCUT2D eigenvalue weighted by Gasteiger charge is 2.28. The van der Waals surface area contributed by atoms with Crippen molar-refractivity contribution >= 4 is 17.4 Å². The van der Waals surface area contributed by atoms with Crippen LogP contribution in [0.3, 0.4) is 0 Å². The third kappa shape index (κ3) is 10.2. The topological polar surface area (TPSA) is 94.9 Å². The lowest BCUT2D eigenvalue weighted by molar-refractivity contribution is 0.00639. The number of nitrogens with two attached hydrogens (primary N) is 1. The lowest BCUT2D eigenvalue weighted by Gasteiger charge is -2.36. The third-order valence-corrected chi connectivity index (χ3v) is 7.63. The summed E-state index contributed by atoms with van der Waals surface area (Å²) in [6, 6.07) is 18.0. The minimum absolute atomic E-state index is 0.0150. The van der Waals surface area contributed by atoms with E-state index in [0.29, 0.717) is 11.5 Å². The fourth-order valence-corrected chi connectivity index (χ4v) is 5.07. The molecule has 218 valence electrons. The molecule has 41 heavy (non-hydrogen) atoms. The Bertz CT molecular complexity index is 1270. The largest absolute Gasteiger partial charge is 0.396 e. The van der Waals surface area contributed by atoms with E-state index in [1.54, 1.807) is 13.0 Å². The number of aliphatic hydroxyl groups is 1. The second-order valence-corrected chi connectivity index (χ2v) is 10.6. The summed E-state index contributed by atoms with van der Waals surface area (Å²) in [5.41, 5.74) is 9.98. The van der Waals surface area contributed by atoms with Gasteiger partial charge in [-0.25, -0.2) is 9.38 Å². The van der Waals surface area contributed by atoms with Gasteiger partial charge in [0.25, 0.3) is 0 Å². The Morgan fingerprint density at radius 3 is 2.61 bits per heavy atom. The van der Waals surface area contributed by atoms with Crippen LogP contribution in [0.25, 0.3) is 11.1 Å². The molecule has 2 aromatic rings. The molecule has 1 fully saturated rings. The average molecular weight is 579 g/mol. The maximum atomic E-state index is 14.0. The van der Waals surface area contributed by atoms with Crippen molar-refractivity contribution in [1.29, 1.82) is 5.26 Å². The highest BCUT2D eigenvalue weighted by Crippen LogP contribution is 2.35. The van der Waals surface area contributed by atoms with Crippen LogP contribution in [0.4, 0.5) is 4.39 Å². The number of aliphatic hydroxyl groups excluding tert-OH is 1. The van der Waals surface area contributed by atoms with Gasteiger partial charge in [0, 0.05) is 12.7 Å². The Kier molecular flexibility index (Phi) is 13.3. The molecule has 0 radical (unpaired) electrons. The van der Waals surface area contributed by atoms with Gasteiger partial charge in [0.05, 0.1) is 28.5 Å². The molecule has 0 aliphatic carbocycles. The number of amidine groups is 1. The molecule has 1 saturated heterocycles. The number of benzene rings is 2. The van der Waals surface area contributed by atoms with Crippen LogP contribution in [-0.2, 0) is 4.74 Å². The number of piperidine rings is 1. The second-order valence-electron chi connectivity index (χ2n) is 10.2. The van der Waals surface area contributed by atoms with Crippen molar-refractivity contribution in [2.45, 2.75) is 45.1 Å². The normalized spacial score (nSPS) is 16.4. The van der Waals surface area contributed by atoms with Crippen LogP contribution in [-0.4, -0.2) is 48.7 Å². The standard InChI is InChI=1S/C33H40ClFN4O2/c1-3-30(34)31(35)20-24(2)38-32(37)23-41-33(28-14-17-39(18-15-28)16-5-4-6-19-40)27-12-10-26(11-13-27)29-9-7-8-25(21-29)22-36/h3,7-13,20-21,28,33,40H,2,4-6,14-19,23H2,1H3,(H2,37,38)/b30-3+,31-20+. The molecule has 0 aromatic heterocycles. The Hall–Kier alpha value is -3.28. The summed E-state index contributed by atoms with van der Waals surface area (Å²) in [5.74, 6) is -0.136. The van der Waals surface area contributed by atoms with Crippen molar-refractivity contribution in [3.63, 3.8) is 0 Å². The number of aliphatic imine (C=N–C) groups is 1. The first-order chi connectivity index (χ1) is 19.8. The Labute approximate surface area is 248 Å². The Balaban J connectivity index is 1.74. The molecule has 6 nitrogen and oxygen atoms in total. The van der Waals surface area contributed by atoms with E-state index in [-0.39, 0.29) is 35.9 Å². The number of allylic oxidation sites excluding steroid dienone is 4. The smallest absolute Gasteiger partial charge is 0.143 e. The van der Waals surface area contributed by atoms with Crippen LogP contribution < -0.4 is 5.73 Å². The van der Waals surface area contributed by atoms with Crippen LogP contribution in [0.2, 0.25) is 0 Å². The summed E-state index contributed by atoms with van der Waals surface area (Å²) >= 11 is 5.82. The molecule has 1 unspecified atom stereocenters. The first-order valence-electron chi connectivity index (χ1n) is 14.1. The molecule has 3 rings (SSSR count). The zero-order chi connectivity index (χ0) is 29.6. The van der Waals surface area contributed by atoms with Gasteiger partial charge in [0.1, 0.15) is 18.3 Å². The van der Waals surface area contributed by atoms with Crippen LogP contribution in [0, 0.1) is 17.2 Å². The van der Waals surface area contributed by atoms with Gasteiger partial charge in [0.2, 0.25) is 0 Å². The van der Waals surface area contributed by atoms with E-state index >= 15 is 0 Å². The predicted octanol–water partition coefficient (Wildman–Crippen LogP) is 7.02. The number of nitrogens with zero attached hydrogens (tertiary/aromatic N) is 3. The Morgan fingerprint density at radius 1 is 1.22 bits per heavy atom. The molecule has 1 heterocycles. The molecule has 3 N–H and O–H groups in total. The lowest BCUT2D eigenvalue weighted by atomic mass is 9.86. The van der Waals surface area contributed by atoms with E-state index in [1.165, 1.54) is 6.08 Å². The van der Waals surface area contributed by atoms with Gasteiger partial charge in [-0.05, 0) is 93.4 Å². The molecule has 2 aromatic carbocycles. The maximum Gasteiger partial charge on any atom is 0.143 e. The molecular weight excluding hydrogens is 539 g/mol. The molecule has 0 amide bonds. The monoisotopic (exact) mass is 578 g/mol. The molecule has 8 heteroatoms. The van der Waals surface area contributed by atoms with Gasteiger partial charge in [-0.3, -0.25) is 0 Å². The van der Waals surface area contributed by atoms with Gasteiger partial charge in [-0.1, -0.05) is 60.7 Å². The van der Waals surface area contributed by atoms with E-state index < -0.39 is 5.83 Å². The fourth-order valence-electron chi connectivity index (χ4n) is 5.02. The number of unbranched alkanes of at least 4 members (excludes halogenated alkanes) is 2. The molecular formula is C33H40ClFN4O2. The minimum atomic E-state index is -0.627. The Morgan fingerprint density at radius 2 is 1.95 bits per heavy atom. The first-order valence-corrected chi connectivity index (χ1v) is 14.5. The van der Waals surface area contributed by atoms with Crippen LogP contribution in [0.15, 0.2) is 88.8 Å². The number of hydrogen-bond donors (Lipinski definition) is 2. The number of likely N-dealkylation sites (tertiary alicyclic amines) is 1. The predicted molar refractivity (Wildman–Crippen MR) is 165 cm³/mol. The summed E-state index contributed by atoms with van der Waals surface area (Å²) in [4.78, 5) is 6.67. The fraction of sp³-hybridized carbons (Fsp3) is 0.394. The highest BCUT2D eigenvalue weighted by molar-refractivity contribution is 6.31. The summed E-state index contributed by atoms with van der Waals surface area (Å²) in [5, 5.41) is 18.3. The van der Waals surface area contributed by atoms with E-state index in [1.807, 2.05) is 18.2 Å². The van der Waals surface area contributed by atoms with Crippen molar-refractivity contribution in [2.75, 3.05) is 32.8 Å². The summed E-state index contributed by atoms with van der Waals surface area (Å²) in [6.07, 6.45) is 7.34. The van der Waals surface area contributed by atoms with E-state index in [9.17, 15) is 9.65 Å². The minimum Gasteiger partial charge on any atom is -0.396 e. The molecule has 1 aliphatic rings. The quantitative estimate of drug-likeness (QED) is 0.109. The van der Waals surface area contributed by atoms with Gasteiger partial charge in [0.15, 0.2) is 0 Å². The van der Waals surface area contributed by atoms with Crippen molar-refractivity contribution < 1.29 is 14.2 Å². The summed E-state index contributed by atoms with van der Waals surface area (Å²) in [7, 11) is 0. The maximum absolute atomic E-state index is 14.0. The van der Waals surface area contributed by atoms with Gasteiger partial charge >= 0.3 is 0 Å². The van der Waals surface area contributed by atoms with Crippen LogP contribution in [0.5, 0.6) is 0 Å². The van der Waals surface area contributed by atoms with E-state index in [0.717, 1.165) is 74.5 Å². The zero-order valence-corrected chi connectivity index (χ0v) is 24.5. The summed E-state index contributed by atoms with van der Waals surface area (Å²) < 4.78 is 20.4. The molecule has 0 spiro atoms. The van der Waals surface area contributed by atoms with Crippen LogP contribution in [0.1, 0.15) is 56.3 Å². The number of rotatable bonds is 14. The van der Waals surface area contributed by atoms with Gasteiger partial charge < -0.3 is 20.5 Å². The molecule has 1 aliphatic heterocycles. The number of nitriles is 1.